The number of nitro groups is 1. The molecule has 0 amide bonds. The molecule has 0 saturated heterocycles. The van der Waals surface area contributed by atoms with Crippen LogP contribution in [0.4, 0.5) is 0 Å². The van der Waals surface area contributed by atoms with Gasteiger partial charge in [0, 0.05) is 33.6 Å². The first-order valence-corrected chi connectivity index (χ1v) is 9.70. The molecule has 1 aromatic rings. The monoisotopic (exact) mass is 371 g/mol. The third-order valence-corrected chi connectivity index (χ3v) is 5.24. The van der Waals surface area contributed by atoms with E-state index in [2.05, 4.69) is 0 Å². The Hall–Kier alpha value is -0.500. The van der Waals surface area contributed by atoms with Crippen LogP contribution in [0.2, 0.25) is 0 Å². The molecule has 1 unspecified atom stereocenters. The van der Waals surface area contributed by atoms with Crippen LogP contribution in [0.25, 0.3) is 0 Å². The van der Waals surface area contributed by atoms with Gasteiger partial charge in [0.05, 0.1) is 6.61 Å². The minimum absolute atomic E-state index is 0.286. The van der Waals surface area contributed by atoms with Gasteiger partial charge in [-0.15, -0.1) is 22.9 Å². The van der Waals surface area contributed by atoms with Gasteiger partial charge in [-0.3, -0.25) is 14.7 Å². The third kappa shape index (κ3) is 9.50. The first kappa shape index (κ1) is 21.5. The summed E-state index contributed by atoms with van der Waals surface area (Å²) in [4.78, 5) is 10.5. The van der Waals surface area contributed by atoms with Crippen molar-refractivity contribution in [2.45, 2.75) is 26.9 Å². The van der Waals surface area contributed by atoms with Crippen molar-refractivity contribution in [3.63, 3.8) is 0 Å². The third-order valence-electron chi connectivity index (χ3n) is 2.41. The van der Waals surface area contributed by atoms with Gasteiger partial charge in [0.25, 0.3) is 0 Å². The van der Waals surface area contributed by atoms with Gasteiger partial charge in [-0.05, 0) is 25.5 Å². The lowest BCUT2D eigenvalue weighted by molar-refractivity contribution is -0.445. The van der Waals surface area contributed by atoms with E-state index < -0.39 is 12.6 Å². The van der Waals surface area contributed by atoms with Crippen molar-refractivity contribution in [1.82, 2.24) is 4.67 Å². The maximum atomic E-state index is 12.3. The molecular weight excluding hydrogens is 349 g/mol. The summed E-state index contributed by atoms with van der Waals surface area (Å²) in [5, 5.41) is 8.81. The number of nitrogens with two attached hydrogens (primary N) is 1. The van der Waals surface area contributed by atoms with E-state index in [9.17, 15) is 4.57 Å². The van der Waals surface area contributed by atoms with E-state index in [0.717, 1.165) is 18.3 Å². The maximum Gasteiger partial charge on any atom is 0.341 e. The second-order valence-electron chi connectivity index (χ2n) is 4.43. The van der Waals surface area contributed by atoms with Gasteiger partial charge in [-0.1, -0.05) is 6.92 Å². The van der Waals surface area contributed by atoms with Crippen molar-refractivity contribution >= 4 is 30.6 Å². The number of rotatable bonds is 8. The molecule has 0 aliphatic carbocycles. The summed E-state index contributed by atoms with van der Waals surface area (Å²) in [5.74, 6) is 0.392. The molecule has 0 radical (unpaired) electrons. The van der Waals surface area contributed by atoms with Gasteiger partial charge in [0.1, 0.15) is 0 Å². The van der Waals surface area contributed by atoms with Crippen LogP contribution in [0.3, 0.4) is 0 Å². The Bertz CT molecular complexity index is 490. The predicted octanol–water partition coefficient (Wildman–Crippen LogP) is 3.48. The van der Waals surface area contributed by atoms with E-state index in [-0.39, 0.29) is 6.61 Å². The Morgan fingerprint density at radius 2 is 2.09 bits per heavy atom. The van der Waals surface area contributed by atoms with E-state index in [1.165, 1.54) is 4.88 Å². The first-order valence-electron chi connectivity index (χ1n) is 6.70. The summed E-state index contributed by atoms with van der Waals surface area (Å²) in [7, 11) is -2.35. The average Bonchev–Trinajstić information content (AvgIpc) is 2.82. The number of nitrogens with zero attached hydrogens (tertiary/aromatic N) is 2. The van der Waals surface area contributed by atoms with E-state index >= 15 is 0 Å². The fourth-order valence-corrected chi connectivity index (χ4v) is 4.10. The summed E-state index contributed by atoms with van der Waals surface area (Å²) in [6.07, 6.45) is 0.861. The number of thiophene rings is 1. The van der Waals surface area contributed by atoms with Gasteiger partial charge in [-0.2, -0.15) is 0 Å². The molecule has 0 bridgehead atoms. The Labute approximate surface area is 140 Å². The molecule has 22 heavy (non-hydrogen) atoms. The summed E-state index contributed by atoms with van der Waals surface area (Å²) >= 11 is 7.31. The summed E-state index contributed by atoms with van der Waals surface area (Å²) in [5.41, 5.74) is 5.79. The summed E-state index contributed by atoms with van der Waals surface area (Å²) in [6, 6.07) is 3.97. The van der Waals surface area contributed by atoms with E-state index in [1.807, 2.05) is 26.0 Å². The smallest absolute Gasteiger partial charge is 0.300 e. The van der Waals surface area contributed by atoms with Gasteiger partial charge in [0.2, 0.25) is 0 Å². The van der Waals surface area contributed by atoms with Crippen molar-refractivity contribution in [3.05, 3.63) is 32.0 Å². The molecule has 0 spiro atoms. The SMILES string of the molecule is CCCN(CCCl)P(N)(=O)OCc1ccc(C)s1.C[N+](=O)[O-]. The molecule has 0 fully saturated rings. The minimum atomic E-state index is -3.24. The second-order valence-corrected chi connectivity index (χ2v) is 8.13. The fourth-order valence-electron chi connectivity index (χ4n) is 1.55. The number of hydrogen-bond acceptors (Lipinski definition) is 5. The minimum Gasteiger partial charge on any atom is -0.300 e. The number of hydrogen-bond donors (Lipinski definition) is 1. The van der Waals surface area contributed by atoms with Crippen LogP contribution in [0, 0.1) is 17.0 Å². The van der Waals surface area contributed by atoms with Crippen molar-refractivity contribution in [2.75, 3.05) is 26.0 Å². The summed E-state index contributed by atoms with van der Waals surface area (Å²) < 4.78 is 19.3. The van der Waals surface area contributed by atoms with E-state index in [4.69, 9.17) is 31.7 Å². The topological polar surface area (TPSA) is 98.7 Å². The number of alkyl halides is 1. The highest BCUT2D eigenvalue weighted by Gasteiger charge is 2.26. The van der Waals surface area contributed by atoms with Crippen LogP contribution < -0.4 is 5.50 Å². The average molecular weight is 372 g/mol. The van der Waals surface area contributed by atoms with Gasteiger partial charge in [-0.25, -0.2) is 10.2 Å². The van der Waals surface area contributed by atoms with Crippen LogP contribution in [0.15, 0.2) is 12.1 Å². The molecule has 10 heteroatoms. The lowest BCUT2D eigenvalue weighted by Gasteiger charge is -2.26. The number of halogens is 1. The van der Waals surface area contributed by atoms with Crippen molar-refractivity contribution in [1.29, 1.82) is 0 Å². The standard InChI is InChI=1S/C11H20ClN2O2PS.CH3NO2/c1-3-7-14(8-6-12)17(13,15)16-9-11-5-4-10(2)18-11;1-2(3)4/h4-5H,3,6-9H2,1-2H3,(H2,13,15);1H3. The van der Waals surface area contributed by atoms with Crippen molar-refractivity contribution in [3.8, 4) is 0 Å². The molecule has 7 nitrogen and oxygen atoms in total. The zero-order valence-corrected chi connectivity index (χ0v) is 15.5. The molecular formula is C12H23ClN3O4PS. The Morgan fingerprint density at radius 3 is 2.50 bits per heavy atom. The molecule has 0 saturated carbocycles. The van der Waals surface area contributed by atoms with E-state index in [1.54, 1.807) is 16.0 Å². The molecule has 1 atom stereocenters. The molecule has 0 aromatic carbocycles. The highest BCUT2D eigenvalue weighted by atomic mass is 35.5. The van der Waals surface area contributed by atoms with Gasteiger partial charge in [0.15, 0.2) is 7.05 Å². The molecule has 1 aromatic heterocycles. The Morgan fingerprint density at radius 1 is 1.50 bits per heavy atom. The first-order chi connectivity index (χ1) is 10.2. The van der Waals surface area contributed by atoms with Crippen LogP contribution in [-0.4, -0.2) is 35.6 Å². The lowest BCUT2D eigenvalue weighted by Crippen LogP contribution is -2.28. The summed E-state index contributed by atoms with van der Waals surface area (Å²) in [6.45, 7) is 5.42. The van der Waals surface area contributed by atoms with Crippen LogP contribution in [-0.2, 0) is 15.7 Å². The molecule has 1 heterocycles. The zero-order chi connectivity index (χ0) is 17.2. The fraction of sp³-hybridized carbons (Fsp3) is 0.667. The van der Waals surface area contributed by atoms with Crippen LogP contribution >= 0.6 is 30.6 Å². The molecule has 128 valence electrons. The van der Waals surface area contributed by atoms with Gasteiger partial charge >= 0.3 is 7.67 Å². The lowest BCUT2D eigenvalue weighted by atomic mass is 10.4. The molecule has 0 aliphatic heterocycles. The van der Waals surface area contributed by atoms with Gasteiger partial charge < -0.3 is 4.52 Å². The predicted molar refractivity (Wildman–Crippen MR) is 91.1 cm³/mol. The van der Waals surface area contributed by atoms with E-state index in [0.29, 0.717) is 19.0 Å². The number of aryl methyl sites for hydroxylation is 1. The molecule has 2 N–H and O–H groups in total. The molecule has 1 rings (SSSR count). The highest BCUT2D eigenvalue weighted by Crippen LogP contribution is 2.43. The van der Waals surface area contributed by atoms with Crippen LogP contribution in [0.5, 0.6) is 0 Å². The normalized spacial score (nSPS) is 13.4. The van der Waals surface area contributed by atoms with Crippen molar-refractivity contribution < 1.29 is 14.0 Å². The molecule has 0 aliphatic rings. The van der Waals surface area contributed by atoms with Crippen LogP contribution in [0.1, 0.15) is 23.1 Å². The Balaban J connectivity index is 0.000000980. The zero-order valence-electron chi connectivity index (χ0n) is 13.0. The Kier molecular flexibility index (Phi) is 10.8. The quantitative estimate of drug-likeness (QED) is 0.325. The van der Waals surface area contributed by atoms with Crippen molar-refractivity contribution in [2.24, 2.45) is 5.50 Å². The largest absolute Gasteiger partial charge is 0.341 e. The maximum absolute atomic E-state index is 12.3. The second kappa shape index (κ2) is 11.1. The highest BCUT2D eigenvalue weighted by molar-refractivity contribution is 7.53.